The van der Waals surface area contributed by atoms with E-state index < -0.39 is 17.9 Å². The van der Waals surface area contributed by atoms with E-state index in [-0.39, 0.29) is 18.4 Å². The SMILES string of the molecule is C=C(C)C(=O)OCC1CCC(COC(=O)C(C)(F)F)CC1. The van der Waals surface area contributed by atoms with E-state index in [1.54, 1.807) is 6.92 Å². The van der Waals surface area contributed by atoms with Crippen LogP contribution in [-0.4, -0.2) is 31.1 Å². The minimum absolute atomic E-state index is 0.0283. The van der Waals surface area contributed by atoms with Crippen LogP contribution < -0.4 is 0 Å². The molecule has 0 unspecified atom stereocenters. The summed E-state index contributed by atoms with van der Waals surface area (Å²) in [5, 5.41) is 0. The highest BCUT2D eigenvalue weighted by atomic mass is 19.3. The number of hydrogen-bond acceptors (Lipinski definition) is 4. The Hall–Kier alpha value is -1.46. The van der Waals surface area contributed by atoms with E-state index in [9.17, 15) is 18.4 Å². The molecule has 0 radical (unpaired) electrons. The van der Waals surface area contributed by atoms with Gasteiger partial charge in [0.1, 0.15) is 0 Å². The average Bonchev–Trinajstić information content (AvgIpc) is 2.42. The Morgan fingerprint density at radius 1 is 1.10 bits per heavy atom. The molecule has 0 spiro atoms. The van der Waals surface area contributed by atoms with Crippen molar-refractivity contribution >= 4 is 11.9 Å². The van der Waals surface area contributed by atoms with Gasteiger partial charge in [-0.3, -0.25) is 0 Å². The summed E-state index contributed by atoms with van der Waals surface area (Å²) >= 11 is 0. The maximum absolute atomic E-state index is 12.6. The third-order valence-corrected chi connectivity index (χ3v) is 3.57. The van der Waals surface area contributed by atoms with Gasteiger partial charge in [0.25, 0.3) is 0 Å². The van der Waals surface area contributed by atoms with Crippen molar-refractivity contribution in [2.45, 2.75) is 45.5 Å². The number of carbonyl (C=O) groups excluding carboxylic acids is 2. The Morgan fingerprint density at radius 2 is 1.52 bits per heavy atom. The van der Waals surface area contributed by atoms with Crippen molar-refractivity contribution in [1.29, 1.82) is 0 Å². The van der Waals surface area contributed by atoms with Crippen LogP contribution >= 0.6 is 0 Å². The molecule has 1 fully saturated rings. The van der Waals surface area contributed by atoms with Crippen LogP contribution in [0.4, 0.5) is 8.78 Å². The van der Waals surface area contributed by atoms with Gasteiger partial charge in [0.2, 0.25) is 0 Å². The second-order valence-corrected chi connectivity index (χ2v) is 5.75. The summed E-state index contributed by atoms with van der Waals surface area (Å²) < 4.78 is 35.0. The van der Waals surface area contributed by atoms with Gasteiger partial charge in [-0.2, -0.15) is 8.78 Å². The molecular formula is C15H22F2O4. The molecule has 1 aliphatic rings. The largest absolute Gasteiger partial charge is 0.462 e. The van der Waals surface area contributed by atoms with Gasteiger partial charge in [-0.1, -0.05) is 6.58 Å². The van der Waals surface area contributed by atoms with Gasteiger partial charge in [-0.05, 0) is 44.4 Å². The van der Waals surface area contributed by atoms with Gasteiger partial charge in [0.05, 0.1) is 13.2 Å². The van der Waals surface area contributed by atoms with Crippen molar-refractivity contribution in [3.05, 3.63) is 12.2 Å². The summed E-state index contributed by atoms with van der Waals surface area (Å²) in [6.45, 7) is 6.01. The lowest BCUT2D eigenvalue weighted by atomic mass is 9.83. The maximum Gasteiger partial charge on any atom is 0.376 e. The number of hydrogen-bond donors (Lipinski definition) is 0. The normalized spacial score (nSPS) is 22.5. The molecule has 1 saturated carbocycles. The lowest BCUT2D eigenvalue weighted by Crippen LogP contribution is -2.30. The smallest absolute Gasteiger partial charge is 0.376 e. The zero-order valence-corrected chi connectivity index (χ0v) is 12.5. The van der Waals surface area contributed by atoms with Crippen LogP contribution in [0.25, 0.3) is 0 Å². The second-order valence-electron chi connectivity index (χ2n) is 5.75. The third kappa shape index (κ3) is 6.23. The summed E-state index contributed by atoms with van der Waals surface area (Å²) in [5.74, 6) is -4.93. The molecule has 6 heteroatoms. The Kier molecular flexibility index (Phi) is 6.30. The zero-order valence-electron chi connectivity index (χ0n) is 12.5. The van der Waals surface area contributed by atoms with Gasteiger partial charge in [-0.15, -0.1) is 0 Å². The van der Waals surface area contributed by atoms with Crippen LogP contribution in [0.2, 0.25) is 0 Å². The fourth-order valence-corrected chi connectivity index (χ4v) is 2.20. The number of halogens is 2. The van der Waals surface area contributed by atoms with E-state index in [2.05, 4.69) is 11.3 Å². The Bertz CT molecular complexity index is 393. The predicted molar refractivity (Wildman–Crippen MR) is 72.8 cm³/mol. The molecule has 0 aromatic heterocycles. The maximum atomic E-state index is 12.6. The summed E-state index contributed by atoms with van der Waals surface area (Å²) in [6.07, 6.45) is 3.21. The molecule has 0 N–H and O–H groups in total. The summed E-state index contributed by atoms with van der Waals surface area (Å²) in [5.41, 5.74) is 0.371. The van der Waals surface area contributed by atoms with E-state index in [0.29, 0.717) is 19.1 Å². The summed E-state index contributed by atoms with van der Waals surface area (Å²) in [4.78, 5) is 22.2. The quantitative estimate of drug-likeness (QED) is 0.559. The molecule has 0 aliphatic heterocycles. The minimum Gasteiger partial charge on any atom is -0.462 e. The molecular weight excluding hydrogens is 282 g/mol. The summed E-state index contributed by atoms with van der Waals surface area (Å²) in [7, 11) is 0. The first kappa shape index (κ1) is 17.6. The van der Waals surface area contributed by atoms with E-state index in [0.717, 1.165) is 25.7 Å². The van der Waals surface area contributed by atoms with Crippen LogP contribution in [0, 0.1) is 11.8 Å². The molecule has 21 heavy (non-hydrogen) atoms. The predicted octanol–water partition coefficient (Wildman–Crippen LogP) is 3.11. The standard InChI is InChI=1S/C15H22F2O4/c1-10(2)13(18)20-8-11-4-6-12(7-5-11)9-21-14(19)15(3,16)17/h11-12H,1,4-9H2,2-3H3. The second kappa shape index (κ2) is 7.52. The monoisotopic (exact) mass is 304 g/mol. The topological polar surface area (TPSA) is 52.6 Å². The third-order valence-electron chi connectivity index (χ3n) is 3.57. The molecule has 0 saturated heterocycles. The van der Waals surface area contributed by atoms with Crippen LogP contribution in [0.15, 0.2) is 12.2 Å². The highest BCUT2D eigenvalue weighted by molar-refractivity contribution is 5.86. The van der Waals surface area contributed by atoms with Crippen molar-refractivity contribution in [1.82, 2.24) is 0 Å². The molecule has 1 rings (SSSR count). The van der Waals surface area contributed by atoms with Crippen molar-refractivity contribution in [2.75, 3.05) is 13.2 Å². The Morgan fingerprint density at radius 3 is 1.90 bits per heavy atom. The number of ether oxygens (including phenoxy) is 2. The first-order valence-corrected chi connectivity index (χ1v) is 7.07. The van der Waals surface area contributed by atoms with Crippen LogP contribution in [0.3, 0.4) is 0 Å². The van der Waals surface area contributed by atoms with Gasteiger partial charge in [0, 0.05) is 12.5 Å². The van der Waals surface area contributed by atoms with Gasteiger partial charge < -0.3 is 9.47 Å². The van der Waals surface area contributed by atoms with E-state index in [4.69, 9.17) is 4.74 Å². The fourth-order valence-electron chi connectivity index (χ4n) is 2.20. The first-order chi connectivity index (χ1) is 9.70. The average molecular weight is 304 g/mol. The molecule has 0 atom stereocenters. The molecule has 0 bridgehead atoms. The van der Waals surface area contributed by atoms with Gasteiger partial charge >= 0.3 is 17.9 Å². The van der Waals surface area contributed by atoms with Crippen molar-refractivity contribution in [3.63, 3.8) is 0 Å². The highest BCUT2D eigenvalue weighted by Crippen LogP contribution is 2.29. The molecule has 0 aromatic rings. The van der Waals surface area contributed by atoms with E-state index in [1.807, 2.05) is 0 Å². The van der Waals surface area contributed by atoms with Crippen LogP contribution in [0.5, 0.6) is 0 Å². The number of esters is 2. The molecule has 1 aliphatic carbocycles. The Labute approximate surface area is 123 Å². The van der Waals surface area contributed by atoms with E-state index in [1.165, 1.54) is 0 Å². The lowest BCUT2D eigenvalue weighted by molar-refractivity contribution is -0.171. The lowest BCUT2D eigenvalue weighted by Gasteiger charge is -2.28. The van der Waals surface area contributed by atoms with Crippen LogP contribution in [-0.2, 0) is 19.1 Å². The van der Waals surface area contributed by atoms with Gasteiger partial charge in [-0.25, -0.2) is 9.59 Å². The molecule has 0 amide bonds. The zero-order chi connectivity index (χ0) is 16.0. The van der Waals surface area contributed by atoms with Gasteiger partial charge in [0.15, 0.2) is 0 Å². The van der Waals surface area contributed by atoms with Crippen molar-refractivity contribution in [2.24, 2.45) is 11.8 Å². The van der Waals surface area contributed by atoms with Crippen molar-refractivity contribution in [3.8, 4) is 0 Å². The number of alkyl halides is 2. The number of carbonyl (C=O) groups is 2. The summed E-state index contributed by atoms with van der Waals surface area (Å²) in [6, 6.07) is 0. The first-order valence-electron chi connectivity index (χ1n) is 7.07. The minimum atomic E-state index is -3.44. The van der Waals surface area contributed by atoms with Crippen molar-refractivity contribution < 1.29 is 27.8 Å². The van der Waals surface area contributed by atoms with Crippen LogP contribution in [0.1, 0.15) is 39.5 Å². The molecule has 4 nitrogen and oxygen atoms in total. The number of rotatable bonds is 6. The van der Waals surface area contributed by atoms with E-state index >= 15 is 0 Å². The molecule has 0 aromatic carbocycles. The Balaban J connectivity index is 2.22. The highest BCUT2D eigenvalue weighted by Gasteiger charge is 2.35. The fraction of sp³-hybridized carbons (Fsp3) is 0.733. The molecule has 120 valence electrons. The molecule has 0 heterocycles.